The number of rotatable bonds is 8. The number of likely N-dealkylation sites (tertiary alicyclic amines) is 1. The molecule has 5 fully saturated rings. The van der Waals surface area contributed by atoms with Crippen LogP contribution in [0.4, 0.5) is 4.79 Å². The molecule has 0 unspecified atom stereocenters. The van der Waals surface area contributed by atoms with Gasteiger partial charge >= 0.3 is 6.09 Å². The summed E-state index contributed by atoms with van der Waals surface area (Å²) in [5.74, 6) is 1.96. The van der Waals surface area contributed by atoms with E-state index >= 15 is 0 Å². The molecule has 5 aliphatic rings. The van der Waals surface area contributed by atoms with Gasteiger partial charge < -0.3 is 35.0 Å². The van der Waals surface area contributed by atoms with E-state index in [9.17, 15) is 14.4 Å². The molecule has 8 rings (SSSR count). The van der Waals surface area contributed by atoms with Crippen LogP contribution in [0.1, 0.15) is 139 Å². The van der Waals surface area contributed by atoms with E-state index in [4.69, 9.17) is 19.4 Å². The maximum atomic E-state index is 13.3. The number of methoxy groups -OCH3 is 1. The first-order chi connectivity index (χ1) is 26.1. The second kappa shape index (κ2) is 21.6. The number of ether oxygens (including phenoxy) is 2. The van der Waals surface area contributed by atoms with Gasteiger partial charge in [-0.2, -0.15) is 54.0 Å². The molecule has 1 aromatic carbocycles. The third-order valence-electron chi connectivity index (χ3n) is 13.3. The minimum Gasteiger partial charge on any atom is -0.453 e. The molecule has 2 aromatic heterocycles. The quantitative estimate of drug-likeness (QED) is 0.182. The first-order valence-electron chi connectivity index (χ1n) is 20.4. The van der Waals surface area contributed by atoms with Crippen molar-refractivity contribution in [1.29, 1.82) is 0 Å². The van der Waals surface area contributed by atoms with E-state index in [1.165, 1.54) is 18.4 Å². The van der Waals surface area contributed by atoms with Gasteiger partial charge in [0.25, 0.3) is 0 Å². The zero-order valence-electron chi connectivity index (χ0n) is 34.5. The topological polar surface area (TPSA) is 154 Å². The number of benzene rings is 1. The SMILES string of the molecule is COC(=O)N[C@H]1CCCCCOCC[C@@H](c2ncc(-c3ccc(C45CCC(c6cnc([C@@H]7CCCN7C(=O)[C@@H](C)C(C)C)[nH]6)(CC4)CC5)cc3)[nH]2)NC1=O.S.S.S.S. The summed E-state index contributed by atoms with van der Waals surface area (Å²) in [6.45, 7) is 8.28. The highest BCUT2D eigenvalue weighted by Crippen LogP contribution is 2.58. The van der Waals surface area contributed by atoms with Gasteiger partial charge in [0.15, 0.2) is 0 Å². The number of hydrogen-bond acceptors (Lipinski definition) is 7. The number of H-pyrrole nitrogens is 2. The maximum Gasteiger partial charge on any atom is 0.407 e. The fourth-order valence-corrected chi connectivity index (χ4v) is 9.38. The number of hydrogen-bond donors (Lipinski definition) is 4. The molecule has 2 aliphatic heterocycles. The summed E-state index contributed by atoms with van der Waals surface area (Å²) in [5.41, 5.74) is 4.90. The van der Waals surface area contributed by atoms with Crippen LogP contribution in [-0.2, 0) is 29.9 Å². The number of nitrogens with zero attached hydrogens (tertiary/aromatic N) is 3. The highest BCUT2D eigenvalue weighted by Gasteiger charge is 2.51. The average molecular weight is 878 g/mol. The van der Waals surface area contributed by atoms with Crippen molar-refractivity contribution in [1.82, 2.24) is 35.5 Å². The Balaban J connectivity index is 0.00000225. The van der Waals surface area contributed by atoms with Gasteiger partial charge in [0, 0.05) is 43.0 Å². The Hall–Kier alpha value is -2.79. The van der Waals surface area contributed by atoms with Crippen LogP contribution in [0.3, 0.4) is 0 Å². The predicted octanol–water partition coefficient (Wildman–Crippen LogP) is 7.61. The maximum absolute atomic E-state index is 13.3. The third kappa shape index (κ3) is 10.6. The van der Waals surface area contributed by atoms with Crippen LogP contribution in [-0.4, -0.2) is 75.7 Å². The smallest absolute Gasteiger partial charge is 0.407 e. The molecule has 2 bridgehead atoms. The Bertz CT molecular complexity index is 1760. The van der Waals surface area contributed by atoms with Gasteiger partial charge in [-0.3, -0.25) is 9.59 Å². The lowest BCUT2D eigenvalue weighted by atomic mass is 9.51. The first-order valence-corrected chi connectivity index (χ1v) is 20.4. The molecule has 3 aromatic rings. The summed E-state index contributed by atoms with van der Waals surface area (Å²) in [6, 6.07) is 7.94. The van der Waals surface area contributed by atoms with Crippen molar-refractivity contribution in [3.8, 4) is 11.3 Å². The first kappa shape index (κ1) is 49.6. The number of imidazole rings is 2. The molecule has 4 heterocycles. The van der Waals surface area contributed by atoms with Crippen LogP contribution >= 0.6 is 54.0 Å². The Morgan fingerprint density at radius 2 is 1.50 bits per heavy atom. The zero-order chi connectivity index (χ0) is 37.9. The molecule has 4 atom stereocenters. The Labute approximate surface area is 372 Å². The molecular weight excluding hydrogens is 811 g/mol. The number of alkyl carbamates (subject to hydrolysis) is 1. The van der Waals surface area contributed by atoms with Crippen molar-refractivity contribution >= 4 is 71.9 Å². The average Bonchev–Trinajstić information content (AvgIpc) is 3.99. The van der Waals surface area contributed by atoms with E-state index in [1.54, 1.807) is 0 Å². The summed E-state index contributed by atoms with van der Waals surface area (Å²) in [5, 5.41) is 5.80. The van der Waals surface area contributed by atoms with E-state index in [2.05, 4.69) is 76.7 Å². The predicted molar refractivity (Wildman–Crippen MR) is 247 cm³/mol. The minimum atomic E-state index is -0.679. The fraction of sp³-hybridized carbons (Fsp3) is 0.643. The van der Waals surface area contributed by atoms with Gasteiger partial charge in [0.05, 0.1) is 31.1 Å². The number of fused-ring (bicyclic) bond motifs is 3. The number of carbonyl (C=O) groups excluding carboxylic acids is 3. The zero-order valence-corrected chi connectivity index (χ0v) is 38.5. The molecule has 324 valence electrons. The lowest BCUT2D eigenvalue weighted by molar-refractivity contribution is -0.137. The minimum absolute atomic E-state index is 0. The molecule has 12 nitrogen and oxygen atoms in total. The van der Waals surface area contributed by atoms with Crippen molar-refractivity contribution in [2.75, 3.05) is 26.9 Å². The standard InChI is InChI=1S/C42H59N7O5.4H2S/c1-27(2)28(3)39(51)49-22-8-10-34(49)37-44-26-35(48-37)42-19-16-41(17-20-42,18-21-42)30-13-11-29(12-14-30)33-25-43-36(45-33)31-15-24-54-23-7-5-6-9-32(38(50)46-31)47-40(52)53-4;;;;/h11-14,25-28,31-32,34H,5-10,15-24H2,1-4H3,(H,43,45)(H,44,48)(H,46,50)(H,47,52);4*1H2/t28-,31-,32-,34-,41?,42?;;;;/m0..../s1. The Morgan fingerprint density at radius 3 is 2.17 bits per heavy atom. The van der Waals surface area contributed by atoms with Crippen LogP contribution in [0.2, 0.25) is 0 Å². The highest BCUT2D eigenvalue weighted by molar-refractivity contribution is 7.59. The molecule has 0 radical (unpaired) electrons. The third-order valence-corrected chi connectivity index (χ3v) is 13.3. The molecule has 2 saturated heterocycles. The van der Waals surface area contributed by atoms with E-state index in [-0.39, 0.29) is 88.6 Å². The van der Waals surface area contributed by atoms with Gasteiger partial charge in [0.2, 0.25) is 11.8 Å². The van der Waals surface area contributed by atoms with Gasteiger partial charge in [-0.05, 0) is 93.1 Å². The van der Waals surface area contributed by atoms with Gasteiger partial charge in [-0.15, -0.1) is 0 Å². The Morgan fingerprint density at radius 1 is 0.828 bits per heavy atom. The lowest BCUT2D eigenvalue weighted by Gasteiger charge is -2.53. The number of aromatic amines is 2. The van der Waals surface area contributed by atoms with Crippen LogP contribution < -0.4 is 10.6 Å². The van der Waals surface area contributed by atoms with E-state index in [0.29, 0.717) is 37.8 Å². The van der Waals surface area contributed by atoms with Crippen molar-refractivity contribution in [2.24, 2.45) is 11.8 Å². The van der Waals surface area contributed by atoms with Crippen molar-refractivity contribution < 1.29 is 23.9 Å². The molecule has 3 amide bonds. The number of nitrogens with one attached hydrogen (secondary N) is 4. The Kier molecular flexibility index (Phi) is 18.5. The summed E-state index contributed by atoms with van der Waals surface area (Å²) >= 11 is 0. The summed E-state index contributed by atoms with van der Waals surface area (Å²) in [7, 11) is 1.30. The normalized spacial score (nSPS) is 26.6. The number of carbonyl (C=O) groups is 3. The number of amides is 3. The molecular formula is C42H67N7O5S4. The second-order valence-corrected chi connectivity index (χ2v) is 16.7. The molecule has 4 N–H and O–H groups in total. The fourth-order valence-electron chi connectivity index (χ4n) is 9.38. The lowest BCUT2D eigenvalue weighted by Crippen LogP contribution is -2.48. The monoisotopic (exact) mass is 877 g/mol. The summed E-state index contributed by atoms with van der Waals surface area (Å²) in [4.78, 5) is 57.5. The van der Waals surface area contributed by atoms with Crippen LogP contribution in [0.5, 0.6) is 0 Å². The van der Waals surface area contributed by atoms with Gasteiger partial charge in [-0.1, -0.05) is 57.9 Å². The van der Waals surface area contributed by atoms with Crippen LogP contribution in [0.25, 0.3) is 11.3 Å². The van der Waals surface area contributed by atoms with Crippen molar-refractivity contribution in [3.05, 3.63) is 59.6 Å². The van der Waals surface area contributed by atoms with E-state index < -0.39 is 18.2 Å². The van der Waals surface area contributed by atoms with Crippen molar-refractivity contribution in [3.63, 3.8) is 0 Å². The van der Waals surface area contributed by atoms with Crippen molar-refractivity contribution in [2.45, 2.75) is 133 Å². The summed E-state index contributed by atoms with van der Waals surface area (Å²) < 4.78 is 10.6. The highest BCUT2D eigenvalue weighted by atomic mass is 32.1. The molecule has 0 spiro atoms. The van der Waals surface area contributed by atoms with Gasteiger partial charge in [0.1, 0.15) is 17.7 Å². The summed E-state index contributed by atoms with van der Waals surface area (Å²) in [6.07, 6.45) is 15.8. The number of aromatic nitrogens is 4. The second-order valence-electron chi connectivity index (χ2n) is 16.7. The van der Waals surface area contributed by atoms with Crippen LogP contribution in [0.15, 0.2) is 36.7 Å². The molecule has 3 saturated carbocycles. The van der Waals surface area contributed by atoms with Crippen LogP contribution in [0, 0.1) is 11.8 Å². The van der Waals surface area contributed by atoms with E-state index in [0.717, 1.165) is 94.3 Å². The molecule has 3 aliphatic carbocycles. The molecule has 16 heteroatoms. The van der Waals surface area contributed by atoms with E-state index in [1.807, 2.05) is 6.20 Å². The largest absolute Gasteiger partial charge is 0.453 e. The van der Waals surface area contributed by atoms with Gasteiger partial charge in [-0.25, -0.2) is 14.8 Å². The molecule has 58 heavy (non-hydrogen) atoms.